The number of anilines is 1. The molecule has 2 amide bonds. The standard InChI is InChI=1S/C32H31ClN2O7S/c33-25-9-6-21(7-10-25)16-35-27-13-24(28(36)12-23-14-32(15-23)19-41-20-32)8-11-29(27)43(39,40)18-26(30(35)37)34-31(38)42-17-22-4-2-1-3-5-22/h1-11,13,23,26H,12,14-20H2,(H,34,38)/t26-/m0/s1. The smallest absolute Gasteiger partial charge is 0.408 e. The number of benzene rings is 3. The van der Waals surface area contributed by atoms with Crippen LogP contribution in [0.4, 0.5) is 10.5 Å². The molecule has 0 aromatic heterocycles. The van der Waals surface area contributed by atoms with E-state index in [9.17, 15) is 22.8 Å². The Bertz CT molecular complexity index is 1650. The van der Waals surface area contributed by atoms with E-state index in [4.69, 9.17) is 21.1 Å². The molecule has 1 atom stereocenters. The molecule has 9 nitrogen and oxygen atoms in total. The highest BCUT2D eigenvalue weighted by Crippen LogP contribution is 2.52. The van der Waals surface area contributed by atoms with E-state index in [0.29, 0.717) is 22.6 Å². The molecule has 6 rings (SSSR count). The number of rotatable bonds is 8. The number of hydrogen-bond donors (Lipinski definition) is 1. The second-order valence-corrected chi connectivity index (χ2v) is 14.1. The van der Waals surface area contributed by atoms with Crippen molar-refractivity contribution in [2.45, 2.75) is 43.4 Å². The van der Waals surface area contributed by atoms with Crippen LogP contribution in [-0.4, -0.2) is 51.2 Å². The molecule has 1 saturated carbocycles. The molecule has 1 aliphatic carbocycles. The average Bonchev–Trinajstić information content (AvgIpc) is 3.02. The minimum atomic E-state index is -4.05. The van der Waals surface area contributed by atoms with Gasteiger partial charge >= 0.3 is 6.09 Å². The predicted molar refractivity (Wildman–Crippen MR) is 160 cm³/mol. The van der Waals surface area contributed by atoms with Gasteiger partial charge in [-0.25, -0.2) is 13.2 Å². The molecule has 43 heavy (non-hydrogen) atoms. The molecule has 0 radical (unpaired) electrons. The molecule has 2 fully saturated rings. The van der Waals surface area contributed by atoms with Crippen LogP contribution in [0.3, 0.4) is 0 Å². The molecule has 3 aromatic rings. The number of hydrogen-bond acceptors (Lipinski definition) is 7. The van der Waals surface area contributed by atoms with Crippen LogP contribution in [0.25, 0.3) is 0 Å². The number of ketones is 1. The number of halogens is 1. The number of nitrogens with zero attached hydrogens (tertiary/aromatic N) is 1. The SMILES string of the molecule is O=C(N[C@H]1CS(=O)(=O)c2ccc(C(=O)CC3CC4(COC4)C3)cc2N(Cc2ccc(Cl)cc2)C1=O)OCc1ccccc1. The van der Waals surface area contributed by atoms with Gasteiger partial charge in [0.25, 0.3) is 5.91 Å². The van der Waals surface area contributed by atoms with Crippen LogP contribution in [0.15, 0.2) is 77.7 Å². The summed E-state index contributed by atoms with van der Waals surface area (Å²) in [6.45, 7) is 1.44. The lowest BCUT2D eigenvalue weighted by molar-refractivity contribution is -0.177. The summed E-state index contributed by atoms with van der Waals surface area (Å²) in [5, 5.41) is 2.97. The van der Waals surface area contributed by atoms with E-state index in [1.165, 1.54) is 23.1 Å². The van der Waals surface area contributed by atoms with Crippen LogP contribution in [0.5, 0.6) is 0 Å². The fourth-order valence-electron chi connectivity index (χ4n) is 6.11. The van der Waals surface area contributed by atoms with Gasteiger partial charge in [-0.05, 0) is 60.2 Å². The molecule has 224 valence electrons. The van der Waals surface area contributed by atoms with Crippen molar-refractivity contribution in [3.8, 4) is 0 Å². The van der Waals surface area contributed by atoms with Crippen molar-refractivity contribution in [1.29, 1.82) is 0 Å². The van der Waals surface area contributed by atoms with Gasteiger partial charge in [-0.2, -0.15) is 0 Å². The molecule has 11 heteroatoms. The third kappa shape index (κ3) is 6.32. The molecule has 3 aromatic carbocycles. The lowest BCUT2D eigenvalue weighted by Gasteiger charge is -2.53. The first-order valence-corrected chi connectivity index (χ1v) is 16.1. The Morgan fingerprint density at radius 3 is 2.40 bits per heavy atom. The molecule has 2 heterocycles. The van der Waals surface area contributed by atoms with Crippen LogP contribution in [0, 0.1) is 11.3 Å². The van der Waals surface area contributed by atoms with E-state index in [-0.39, 0.29) is 40.9 Å². The van der Waals surface area contributed by atoms with E-state index >= 15 is 0 Å². The first-order valence-electron chi connectivity index (χ1n) is 14.1. The van der Waals surface area contributed by atoms with Gasteiger partial charge in [0.2, 0.25) is 0 Å². The average molecular weight is 623 g/mol. The normalized spacial score (nSPS) is 20.3. The minimum absolute atomic E-state index is 0.00143. The van der Waals surface area contributed by atoms with Gasteiger partial charge in [-0.3, -0.25) is 9.59 Å². The molecular formula is C32H31ClN2O7S. The van der Waals surface area contributed by atoms with Crippen molar-refractivity contribution >= 4 is 44.9 Å². The lowest BCUT2D eigenvalue weighted by Crippen LogP contribution is -2.52. The van der Waals surface area contributed by atoms with Gasteiger partial charge in [0, 0.05) is 22.4 Å². The van der Waals surface area contributed by atoms with Crippen molar-refractivity contribution in [3.05, 3.63) is 94.5 Å². The minimum Gasteiger partial charge on any atom is -0.445 e. The van der Waals surface area contributed by atoms with Crippen LogP contribution in [-0.2, 0) is 37.3 Å². The van der Waals surface area contributed by atoms with Gasteiger partial charge < -0.3 is 19.7 Å². The van der Waals surface area contributed by atoms with Crippen LogP contribution >= 0.6 is 11.6 Å². The van der Waals surface area contributed by atoms with Crippen LogP contribution < -0.4 is 10.2 Å². The van der Waals surface area contributed by atoms with Gasteiger partial charge in [0.05, 0.1) is 36.1 Å². The second-order valence-electron chi connectivity index (χ2n) is 11.7. The van der Waals surface area contributed by atoms with Crippen molar-refractivity contribution in [3.63, 3.8) is 0 Å². The van der Waals surface area contributed by atoms with E-state index in [0.717, 1.165) is 31.6 Å². The number of Topliss-reactive ketones (excluding diaryl/α,β-unsaturated/α-hetero) is 1. The fourth-order valence-corrected chi connectivity index (χ4v) is 7.85. The van der Waals surface area contributed by atoms with Crippen molar-refractivity contribution in [2.24, 2.45) is 11.3 Å². The van der Waals surface area contributed by atoms with E-state index in [1.807, 2.05) is 6.07 Å². The highest BCUT2D eigenvalue weighted by Gasteiger charge is 2.50. The van der Waals surface area contributed by atoms with Crippen molar-refractivity contribution in [1.82, 2.24) is 5.32 Å². The Hall–Kier alpha value is -3.73. The summed E-state index contributed by atoms with van der Waals surface area (Å²) in [7, 11) is -4.05. The summed E-state index contributed by atoms with van der Waals surface area (Å²) in [6, 6.07) is 18.8. The molecule has 0 unspecified atom stereocenters. The highest BCUT2D eigenvalue weighted by molar-refractivity contribution is 7.91. The topological polar surface area (TPSA) is 119 Å². The second kappa shape index (κ2) is 11.7. The first-order chi connectivity index (χ1) is 20.6. The number of ether oxygens (including phenoxy) is 2. The molecular weight excluding hydrogens is 592 g/mol. The first kappa shape index (κ1) is 29.3. The van der Waals surface area contributed by atoms with E-state index in [2.05, 4.69) is 5.32 Å². The summed E-state index contributed by atoms with van der Waals surface area (Å²) < 4.78 is 37.8. The number of sulfone groups is 1. The summed E-state index contributed by atoms with van der Waals surface area (Å²) >= 11 is 6.06. The van der Waals surface area contributed by atoms with Gasteiger partial charge in [-0.15, -0.1) is 0 Å². The lowest BCUT2D eigenvalue weighted by atomic mass is 9.59. The highest BCUT2D eigenvalue weighted by atomic mass is 35.5. The summed E-state index contributed by atoms with van der Waals surface area (Å²) in [5.74, 6) is -1.15. The number of fused-ring (bicyclic) bond motifs is 1. The van der Waals surface area contributed by atoms with E-state index < -0.39 is 33.6 Å². The van der Waals surface area contributed by atoms with Crippen molar-refractivity contribution in [2.75, 3.05) is 23.9 Å². The molecule has 1 saturated heterocycles. The molecule has 0 bridgehead atoms. The van der Waals surface area contributed by atoms with Crippen LogP contribution in [0.1, 0.15) is 40.7 Å². The van der Waals surface area contributed by atoms with Gasteiger partial charge in [-0.1, -0.05) is 54.1 Å². The van der Waals surface area contributed by atoms with E-state index in [1.54, 1.807) is 48.5 Å². The number of nitrogens with one attached hydrogen (secondary N) is 1. The third-order valence-electron chi connectivity index (χ3n) is 8.35. The van der Waals surface area contributed by atoms with Crippen LogP contribution in [0.2, 0.25) is 5.02 Å². The fraction of sp³-hybridized carbons (Fsp3) is 0.344. The summed E-state index contributed by atoms with van der Waals surface area (Å²) in [5.41, 5.74) is 2.09. The maximum Gasteiger partial charge on any atom is 0.408 e. The Balaban J connectivity index is 1.27. The molecule has 1 spiro atoms. The summed E-state index contributed by atoms with van der Waals surface area (Å²) in [6.07, 6.45) is 1.30. The number of alkyl carbamates (subject to hydrolysis) is 1. The quantitative estimate of drug-likeness (QED) is 0.353. The Morgan fingerprint density at radius 2 is 1.72 bits per heavy atom. The Labute approximate surface area is 255 Å². The maximum absolute atomic E-state index is 14.0. The number of carbonyl (C=O) groups is 3. The summed E-state index contributed by atoms with van der Waals surface area (Å²) in [4.78, 5) is 41.2. The molecule has 1 N–H and O–H groups in total. The third-order valence-corrected chi connectivity index (χ3v) is 10.4. The maximum atomic E-state index is 14.0. The van der Waals surface area contributed by atoms with Gasteiger partial charge in [0.1, 0.15) is 12.6 Å². The number of carbonyl (C=O) groups excluding carboxylic acids is 3. The monoisotopic (exact) mass is 622 g/mol. The zero-order valence-electron chi connectivity index (χ0n) is 23.3. The van der Waals surface area contributed by atoms with Gasteiger partial charge in [0.15, 0.2) is 15.6 Å². The zero-order chi connectivity index (χ0) is 30.2. The largest absolute Gasteiger partial charge is 0.445 e. The Morgan fingerprint density at radius 1 is 1.00 bits per heavy atom. The molecule has 2 aliphatic heterocycles. The molecule has 3 aliphatic rings. The van der Waals surface area contributed by atoms with Crippen molar-refractivity contribution < 1.29 is 32.3 Å². The zero-order valence-corrected chi connectivity index (χ0v) is 24.9. The predicted octanol–water partition coefficient (Wildman–Crippen LogP) is 4.95. The number of amides is 2. The Kier molecular flexibility index (Phi) is 8.02.